The van der Waals surface area contributed by atoms with Crippen LogP contribution in [-0.4, -0.2) is 51.7 Å². The highest BCUT2D eigenvalue weighted by Gasteiger charge is 2.22. The second-order valence-corrected chi connectivity index (χ2v) is 11.6. The number of hydrogen-bond acceptors (Lipinski definition) is 5. The monoisotopic (exact) mass is 505 g/mol. The Morgan fingerprint density at radius 3 is 2.14 bits per heavy atom. The van der Waals surface area contributed by atoms with Crippen molar-refractivity contribution in [1.29, 1.82) is 0 Å². The van der Waals surface area contributed by atoms with Crippen LogP contribution >= 0.6 is 0 Å². The van der Waals surface area contributed by atoms with Gasteiger partial charge in [-0.3, -0.25) is 4.79 Å². The molecule has 1 saturated heterocycles. The lowest BCUT2D eigenvalue weighted by atomic mass is 9.93. The Kier molecular flexibility index (Phi) is 8.78. The van der Waals surface area contributed by atoms with Gasteiger partial charge in [-0.05, 0) is 73.8 Å². The molecular formula is C29H35N3O3S. The average Bonchev–Trinajstić information content (AvgIpc) is 2.88. The summed E-state index contributed by atoms with van der Waals surface area (Å²) in [7, 11) is -3.24. The Hall–Kier alpha value is -3.16. The number of para-hydroxylation sites is 1. The number of benzene rings is 3. The smallest absolute Gasteiger partial charge is 0.224 e. The maximum absolute atomic E-state index is 12.5. The third-order valence-corrected chi connectivity index (χ3v) is 7.90. The van der Waals surface area contributed by atoms with Crippen LogP contribution < -0.4 is 10.2 Å². The van der Waals surface area contributed by atoms with Crippen LogP contribution in [0.2, 0.25) is 0 Å². The SMILES string of the molecule is CS(=O)(=O)c1ccc(NC(=O)CC2CCN(CCN(Cc3ccccc3)c3ccccc3)CC2)cc1. The topological polar surface area (TPSA) is 69.7 Å². The van der Waals surface area contributed by atoms with E-state index < -0.39 is 9.84 Å². The minimum Gasteiger partial charge on any atom is -0.366 e. The molecule has 1 aliphatic heterocycles. The van der Waals surface area contributed by atoms with Crippen LogP contribution in [0, 0.1) is 5.92 Å². The molecule has 0 aliphatic carbocycles. The summed E-state index contributed by atoms with van der Waals surface area (Å²) >= 11 is 0. The van der Waals surface area contributed by atoms with E-state index in [4.69, 9.17) is 0 Å². The molecule has 7 heteroatoms. The summed E-state index contributed by atoms with van der Waals surface area (Å²) in [4.78, 5) is 17.7. The van der Waals surface area contributed by atoms with Crippen molar-refractivity contribution in [3.05, 3.63) is 90.5 Å². The quantitative estimate of drug-likeness (QED) is 0.427. The van der Waals surface area contributed by atoms with E-state index in [1.54, 1.807) is 12.1 Å². The average molecular weight is 506 g/mol. The first-order chi connectivity index (χ1) is 17.4. The summed E-state index contributed by atoms with van der Waals surface area (Å²) in [5, 5.41) is 2.91. The lowest BCUT2D eigenvalue weighted by molar-refractivity contribution is -0.117. The summed E-state index contributed by atoms with van der Waals surface area (Å²) in [5.74, 6) is 0.352. The van der Waals surface area contributed by atoms with Crippen molar-refractivity contribution in [2.24, 2.45) is 5.92 Å². The lowest BCUT2D eigenvalue weighted by Gasteiger charge is -2.34. The Morgan fingerprint density at radius 1 is 0.917 bits per heavy atom. The van der Waals surface area contributed by atoms with Gasteiger partial charge >= 0.3 is 0 Å². The van der Waals surface area contributed by atoms with Crippen molar-refractivity contribution in [1.82, 2.24) is 4.90 Å². The molecule has 1 heterocycles. The number of amides is 1. The van der Waals surface area contributed by atoms with E-state index in [0.717, 1.165) is 45.6 Å². The second-order valence-electron chi connectivity index (χ2n) is 9.58. The predicted octanol–water partition coefficient (Wildman–Crippen LogP) is 4.84. The number of anilines is 2. The van der Waals surface area contributed by atoms with Gasteiger partial charge in [-0.1, -0.05) is 48.5 Å². The van der Waals surface area contributed by atoms with Gasteiger partial charge in [0.1, 0.15) is 0 Å². The van der Waals surface area contributed by atoms with Gasteiger partial charge in [0.15, 0.2) is 9.84 Å². The highest BCUT2D eigenvalue weighted by Crippen LogP contribution is 2.23. The fourth-order valence-corrected chi connectivity index (χ4v) is 5.31. The van der Waals surface area contributed by atoms with E-state index in [-0.39, 0.29) is 10.8 Å². The maximum atomic E-state index is 12.5. The largest absolute Gasteiger partial charge is 0.366 e. The van der Waals surface area contributed by atoms with Gasteiger partial charge in [0.25, 0.3) is 0 Å². The van der Waals surface area contributed by atoms with Crippen molar-refractivity contribution in [2.45, 2.75) is 30.7 Å². The number of nitrogens with zero attached hydrogens (tertiary/aromatic N) is 2. The van der Waals surface area contributed by atoms with E-state index in [1.807, 2.05) is 0 Å². The van der Waals surface area contributed by atoms with Crippen LogP contribution in [-0.2, 0) is 21.2 Å². The molecule has 0 bridgehead atoms. The van der Waals surface area contributed by atoms with Gasteiger partial charge in [-0.2, -0.15) is 0 Å². The summed E-state index contributed by atoms with van der Waals surface area (Å²) in [6, 6.07) is 27.5. The van der Waals surface area contributed by atoms with E-state index in [0.29, 0.717) is 18.0 Å². The van der Waals surface area contributed by atoms with Crippen LogP contribution in [0.15, 0.2) is 89.8 Å². The molecule has 1 aliphatic rings. The van der Waals surface area contributed by atoms with Crippen molar-refractivity contribution >= 4 is 27.1 Å². The zero-order valence-corrected chi connectivity index (χ0v) is 21.7. The van der Waals surface area contributed by atoms with Crippen molar-refractivity contribution in [2.75, 3.05) is 42.7 Å². The number of piperidine rings is 1. The first kappa shape index (κ1) is 25.9. The number of rotatable bonds is 10. The summed E-state index contributed by atoms with van der Waals surface area (Å²) in [6.45, 7) is 4.82. The van der Waals surface area contributed by atoms with E-state index in [1.165, 1.54) is 29.6 Å². The third-order valence-electron chi connectivity index (χ3n) is 6.77. The molecule has 3 aromatic carbocycles. The fourth-order valence-electron chi connectivity index (χ4n) is 4.68. The van der Waals surface area contributed by atoms with Crippen molar-refractivity contribution in [3.8, 4) is 0 Å². The molecule has 4 rings (SSSR count). The molecule has 0 unspecified atom stereocenters. The molecule has 0 atom stereocenters. The van der Waals surface area contributed by atoms with E-state index >= 15 is 0 Å². The highest BCUT2D eigenvalue weighted by atomic mass is 32.2. The minimum atomic E-state index is -3.24. The molecule has 0 aromatic heterocycles. The number of nitrogens with one attached hydrogen (secondary N) is 1. The van der Waals surface area contributed by atoms with Gasteiger partial charge in [0.2, 0.25) is 5.91 Å². The Labute approximate surface area is 214 Å². The molecule has 0 spiro atoms. The van der Waals surface area contributed by atoms with E-state index in [2.05, 4.69) is 75.8 Å². The molecule has 3 aromatic rings. The van der Waals surface area contributed by atoms with Gasteiger partial charge < -0.3 is 15.1 Å². The van der Waals surface area contributed by atoms with Gasteiger partial charge in [0.05, 0.1) is 4.90 Å². The van der Waals surface area contributed by atoms with Crippen molar-refractivity contribution < 1.29 is 13.2 Å². The van der Waals surface area contributed by atoms with Crippen LogP contribution in [0.5, 0.6) is 0 Å². The number of carbonyl (C=O) groups is 1. The molecule has 0 radical (unpaired) electrons. The molecule has 1 amide bonds. The number of sulfone groups is 1. The van der Waals surface area contributed by atoms with Crippen LogP contribution in [0.25, 0.3) is 0 Å². The zero-order chi connectivity index (χ0) is 25.4. The standard InChI is InChI=1S/C29H35N3O3S/c1-36(34,35)28-14-12-26(13-15-28)30-29(33)22-24-16-18-31(19-17-24)20-21-32(27-10-6-3-7-11-27)23-25-8-4-2-5-9-25/h2-15,24H,16-23H2,1H3,(H,30,33). The van der Waals surface area contributed by atoms with Crippen LogP contribution in [0.3, 0.4) is 0 Å². The second kappa shape index (κ2) is 12.2. The van der Waals surface area contributed by atoms with E-state index in [9.17, 15) is 13.2 Å². The first-order valence-electron chi connectivity index (χ1n) is 12.5. The predicted molar refractivity (Wildman–Crippen MR) is 146 cm³/mol. The van der Waals surface area contributed by atoms with Crippen molar-refractivity contribution in [3.63, 3.8) is 0 Å². The van der Waals surface area contributed by atoms with Crippen LogP contribution in [0.1, 0.15) is 24.8 Å². The summed E-state index contributed by atoms with van der Waals surface area (Å²) in [5.41, 5.74) is 3.17. The molecular weight excluding hydrogens is 470 g/mol. The maximum Gasteiger partial charge on any atom is 0.224 e. The summed E-state index contributed by atoms with van der Waals surface area (Å²) < 4.78 is 23.2. The lowest BCUT2D eigenvalue weighted by Crippen LogP contribution is -2.40. The number of carbonyl (C=O) groups excluding carboxylic acids is 1. The highest BCUT2D eigenvalue weighted by molar-refractivity contribution is 7.90. The molecule has 6 nitrogen and oxygen atoms in total. The fraction of sp³-hybridized carbons (Fsp3) is 0.345. The van der Waals surface area contributed by atoms with Gasteiger partial charge in [0, 0.05) is 43.7 Å². The Bertz CT molecular complexity index is 1210. The Morgan fingerprint density at radius 2 is 1.53 bits per heavy atom. The molecule has 190 valence electrons. The summed E-state index contributed by atoms with van der Waals surface area (Å²) in [6.07, 6.45) is 3.68. The molecule has 1 N–H and O–H groups in total. The Balaban J connectivity index is 1.23. The van der Waals surface area contributed by atoms with Gasteiger partial charge in [-0.15, -0.1) is 0 Å². The molecule has 36 heavy (non-hydrogen) atoms. The number of likely N-dealkylation sites (tertiary alicyclic amines) is 1. The first-order valence-corrected chi connectivity index (χ1v) is 14.4. The van der Waals surface area contributed by atoms with Crippen LogP contribution in [0.4, 0.5) is 11.4 Å². The molecule has 1 fully saturated rings. The number of hydrogen-bond donors (Lipinski definition) is 1. The third kappa shape index (κ3) is 7.67. The zero-order valence-electron chi connectivity index (χ0n) is 20.8. The molecule has 0 saturated carbocycles. The minimum absolute atomic E-state index is 0.0151. The normalized spacial score (nSPS) is 14.9. The van der Waals surface area contributed by atoms with Gasteiger partial charge in [-0.25, -0.2) is 8.42 Å².